The Hall–Kier alpha value is -3.32. The van der Waals surface area contributed by atoms with Crippen LogP contribution in [0.4, 0.5) is 10.8 Å². The molecule has 7 heteroatoms. The molecule has 0 spiro atoms. The van der Waals surface area contributed by atoms with Gasteiger partial charge in [0.05, 0.1) is 12.7 Å². The van der Waals surface area contributed by atoms with Crippen molar-refractivity contribution in [1.29, 1.82) is 0 Å². The van der Waals surface area contributed by atoms with Gasteiger partial charge < -0.3 is 10.1 Å². The first-order valence-corrected chi connectivity index (χ1v) is 8.76. The van der Waals surface area contributed by atoms with E-state index in [1.165, 1.54) is 11.3 Å². The zero-order valence-electron chi connectivity index (χ0n) is 14.0. The van der Waals surface area contributed by atoms with Crippen molar-refractivity contribution in [2.24, 2.45) is 0 Å². The van der Waals surface area contributed by atoms with Crippen LogP contribution in [-0.2, 0) is 0 Å². The predicted molar refractivity (Wildman–Crippen MR) is 103 cm³/mol. The van der Waals surface area contributed by atoms with Gasteiger partial charge in [0.1, 0.15) is 11.4 Å². The minimum Gasteiger partial charge on any atom is -0.496 e. The molecule has 0 aliphatic rings. The third kappa shape index (κ3) is 3.25. The van der Waals surface area contributed by atoms with Crippen molar-refractivity contribution >= 4 is 22.2 Å². The molecule has 128 valence electrons. The molecule has 0 amide bonds. The summed E-state index contributed by atoms with van der Waals surface area (Å²) in [6, 6.07) is 15.5. The van der Waals surface area contributed by atoms with Gasteiger partial charge in [0, 0.05) is 24.3 Å². The summed E-state index contributed by atoms with van der Waals surface area (Å²) in [6.45, 7) is 0. The largest absolute Gasteiger partial charge is 0.496 e. The van der Waals surface area contributed by atoms with Gasteiger partial charge in [0.25, 0.3) is 0 Å². The number of nitrogens with zero attached hydrogens (tertiary/aromatic N) is 4. The van der Waals surface area contributed by atoms with Gasteiger partial charge in [-0.2, -0.15) is 0 Å². The van der Waals surface area contributed by atoms with Crippen LogP contribution in [0.3, 0.4) is 0 Å². The highest BCUT2D eigenvalue weighted by Crippen LogP contribution is 2.39. The fourth-order valence-corrected chi connectivity index (χ4v) is 3.36. The van der Waals surface area contributed by atoms with E-state index in [-0.39, 0.29) is 0 Å². The van der Waals surface area contributed by atoms with E-state index in [9.17, 15) is 0 Å². The van der Waals surface area contributed by atoms with E-state index in [1.807, 2.05) is 48.5 Å². The van der Waals surface area contributed by atoms with E-state index in [0.29, 0.717) is 10.1 Å². The molecule has 0 atom stereocenters. The summed E-state index contributed by atoms with van der Waals surface area (Å²) in [5, 5.41) is 13.2. The zero-order valence-corrected chi connectivity index (χ0v) is 14.8. The summed E-state index contributed by atoms with van der Waals surface area (Å²) in [7, 11) is 1.65. The molecule has 1 N–H and O–H groups in total. The van der Waals surface area contributed by atoms with Crippen molar-refractivity contribution < 1.29 is 4.74 Å². The van der Waals surface area contributed by atoms with Crippen LogP contribution in [0.1, 0.15) is 0 Å². The van der Waals surface area contributed by atoms with Crippen LogP contribution in [-0.4, -0.2) is 27.3 Å². The predicted octanol–water partition coefficient (Wildman–Crippen LogP) is 4.41. The number of para-hydroxylation sites is 1. The number of rotatable bonds is 5. The normalized spacial score (nSPS) is 10.5. The topological polar surface area (TPSA) is 72.8 Å². The number of hydrogen-bond donors (Lipinski definition) is 1. The van der Waals surface area contributed by atoms with E-state index in [0.717, 1.165) is 28.3 Å². The molecular formula is C19H15N5OS. The Labute approximate surface area is 154 Å². The first kappa shape index (κ1) is 16.2. The van der Waals surface area contributed by atoms with Crippen LogP contribution < -0.4 is 10.1 Å². The quantitative estimate of drug-likeness (QED) is 0.567. The van der Waals surface area contributed by atoms with Crippen LogP contribution >= 0.6 is 11.3 Å². The summed E-state index contributed by atoms with van der Waals surface area (Å²) in [5.74, 6) is 0.731. The maximum Gasteiger partial charge on any atom is 0.210 e. The molecule has 1 aromatic carbocycles. The summed E-state index contributed by atoms with van der Waals surface area (Å²) in [5.41, 5.74) is 3.53. The molecule has 0 aliphatic carbocycles. The second-order valence-corrected chi connectivity index (χ2v) is 6.35. The molecule has 0 fully saturated rings. The molecule has 3 heterocycles. The SMILES string of the molecule is COc1ccnc(-c2nnc(Nc3ccccc3)s2)c1-c1ccncc1. The third-order valence-electron chi connectivity index (χ3n) is 3.75. The Balaban J connectivity index is 1.75. The molecule has 0 saturated carbocycles. The lowest BCUT2D eigenvalue weighted by Crippen LogP contribution is -1.94. The molecular weight excluding hydrogens is 346 g/mol. The van der Waals surface area contributed by atoms with Crippen molar-refractivity contribution in [3.05, 3.63) is 67.1 Å². The van der Waals surface area contributed by atoms with E-state index in [2.05, 4.69) is 25.5 Å². The summed E-state index contributed by atoms with van der Waals surface area (Å²) < 4.78 is 5.54. The first-order valence-electron chi connectivity index (χ1n) is 7.94. The van der Waals surface area contributed by atoms with Crippen molar-refractivity contribution in [3.63, 3.8) is 0 Å². The Bertz CT molecular complexity index is 1000. The van der Waals surface area contributed by atoms with Gasteiger partial charge in [0.15, 0.2) is 5.01 Å². The van der Waals surface area contributed by atoms with Gasteiger partial charge >= 0.3 is 0 Å². The Morgan fingerprint density at radius 1 is 0.923 bits per heavy atom. The molecule has 3 aromatic heterocycles. The Morgan fingerprint density at radius 3 is 2.50 bits per heavy atom. The molecule has 4 aromatic rings. The van der Waals surface area contributed by atoms with Gasteiger partial charge in [-0.05, 0) is 35.9 Å². The molecule has 0 radical (unpaired) electrons. The van der Waals surface area contributed by atoms with Crippen LogP contribution in [0, 0.1) is 0 Å². The van der Waals surface area contributed by atoms with Gasteiger partial charge in [-0.1, -0.05) is 29.5 Å². The number of hydrogen-bond acceptors (Lipinski definition) is 7. The van der Waals surface area contributed by atoms with E-state index in [4.69, 9.17) is 4.74 Å². The lowest BCUT2D eigenvalue weighted by Gasteiger charge is -2.11. The molecule has 0 aliphatic heterocycles. The highest BCUT2D eigenvalue weighted by atomic mass is 32.1. The number of pyridine rings is 2. The van der Waals surface area contributed by atoms with Gasteiger partial charge in [-0.15, -0.1) is 10.2 Å². The van der Waals surface area contributed by atoms with E-state index in [1.54, 1.807) is 25.7 Å². The minimum atomic E-state index is 0.705. The van der Waals surface area contributed by atoms with Gasteiger partial charge in [-0.25, -0.2) is 0 Å². The van der Waals surface area contributed by atoms with Gasteiger partial charge in [0.2, 0.25) is 5.13 Å². The lowest BCUT2D eigenvalue weighted by molar-refractivity contribution is 0.416. The van der Waals surface area contributed by atoms with Crippen LogP contribution in [0.25, 0.3) is 21.8 Å². The average molecular weight is 361 g/mol. The van der Waals surface area contributed by atoms with Crippen LogP contribution in [0.15, 0.2) is 67.1 Å². The minimum absolute atomic E-state index is 0.705. The van der Waals surface area contributed by atoms with Crippen molar-refractivity contribution in [1.82, 2.24) is 20.2 Å². The lowest BCUT2D eigenvalue weighted by atomic mass is 10.0. The molecule has 26 heavy (non-hydrogen) atoms. The molecule has 0 bridgehead atoms. The van der Waals surface area contributed by atoms with Crippen molar-refractivity contribution in [2.75, 3.05) is 12.4 Å². The monoisotopic (exact) mass is 361 g/mol. The van der Waals surface area contributed by atoms with E-state index < -0.39 is 0 Å². The standard InChI is InChI=1S/C19H15N5OS/c1-25-15-9-12-21-17(16(15)13-7-10-20-11-8-13)18-23-24-19(26-18)22-14-5-3-2-4-6-14/h2-12H,1H3,(H,22,24). The number of ether oxygens (including phenoxy) is 1. The smallest absolute Gasteiger partial charge is 0.210 e. The summed E-state index contributed by atoms with van der Waals surface area (Å²) in [4.78, 5) is 8.62. The summed E-state index contributed by atoms with van der Waals surface area (Å²) in [6.07, 6.45) is 5.20. The second-order valence-electron chi connectivity index (χ2n) is 5.38. The molecule has 0 unspecified atom stereocenters. The number of aromatic nitrogens is 4. The molecule has 4 rings (SSSR count). The third-order valence-corrected chi connectivity index (χ3v) is 4.60. The Kier molecular flexibility index (Phi) is 4.53. The number of anilines is 2. The van der Waals surface area contributed by atoms with E-state index >= 15 is 0 Å². The zero-order chi connectivity index (χ0) is 17.8. The van der Waals surface area contributed by atoms with Crippen LogP contribution in [0.2, 0.25) is 0 Å². The molecule has 0 saturated heterocycles. The number of methoxy groups -OCH3 is 1. The maximum absolute atomic E-state index is 5.54. The second kappa shape index (κ2) is 7.28. The highest BCUT2D eigenvalue weighted by Gasteiger charge is 2.18. The van der Waals surface area contributed by atoms with Crippen LogP contribution in [0.5, 0.6) is 5.75 Å². The highest BCUT2D eigenvalue weighted by molar-refractivity contribution is 7.18. The average Bonchev–Trinajstić information content (AvgIpc) is 3.17. The first-order chi connectivity index (χ1) is 12.8. The van der Waals surface area contributed by atoms with Crippen molar-refractivity contribution in [2.45, 2.75) is 0 Å². The van der Waals surface area contributed by atoms with Crippen molar-refractivity contribution in [3.8, 4) is 27.6 Å². The maximum atomic E-state index is 5.54. The fourth-order valence-electron chi connectivity index (χ4n) is 2.59. The number of benzene rings is 1. The summed E-state index contributed by atoms with van der Waals surface area (Å²) >= 11 is 1.44. The Morgan fingerprint density at radius 2 is 1.73 bits per heavy atom. The fraction of sp³-hybridized carbons (Fsp3) is 0.0526. The number of nitrogens with one attached hydrogen (secondary N) is 1. The molecule has 6 nitrogen and oxygen atoms in total. The van der Waals surface area contributed by atoms with Gasteiger partial charge in [-0.3, -0.25) is 9.97 Å².